The van der Waals surface area contributed by atoms with Crippen molar-refractivity contribution in [1.29, 1.82) is 0 Å². The highest BCUT2D eigenvalue weighted by Crippen LogP contribution is 2.19. The van der Waals surface area contributed by atoms with E-state index in [0.717, 1.165) is 24.0 Å². The van der Waals surface area contributed by atoms with Crippen LogP contribution in [-0.2, 0) is 20.8 Å². The second kappa shape index (κ2) is 9.41. The number of fused-ring (bicyclic) bond motifs is 1. The monoisotopic (exact) mass is 389 g/mol. The van der Waals surface area contributed by atoms with Gasteiger partial charge in [0.1, 0.15) is 6.73 Å². The van der Waals surface area contributed by atoms with Crippen molar-refractivity contribution in [2.45, 2.75) is 72.1 Å². The van der Waals surface area contributed by atoms with Gasteiger partial charge in [-0.3, -0.25) is 0 Å². The zero-order valence-corrected chi connectivity index (χ0v) is 19.2. The maximum Gasteiger partial charge on any atom is 0.494 e. The summed E-state index contributed by atoms with van der Waals surface area (Å²) in [7, 11) is -1.42. The molecule has 0 aliphatic heterocycles. The maximum absolute atomic E-state index is 6.26. The molecule has 0 radical (unpaired) electrons. The van der Waals surface area contributed by atoms with Crippen molar-refractivity contribution in [2.24, 2.45) is 0 Å². The Morgan fingerprint density at radius 3 is 2.48 bits per heavy atom. The van der Waals surface area contributed by atoms with Gasteiger partial charge in [0.2, 0.25) is 0 Å². The Morgan fingerprint density at radius 1 is 1.11 bits per heavy atom. The Hall–Kier alpha value is -1.08. The third-order valence-electron chi connectivity index (χ3n) is 4.89. The summed E-state index contributed by atoms with van der Waals surface area (Å²) < 4.78 is 20.3. The van der Waals surface area contributed by atoms with E-state index in [1.165, 1.54) is 11.4 Å². The van der Waals surface area contributed by atoms with E-state index in [-0.39, 0.29) is 12.7 Å². The minimum Gasteiger partial charge on any atom is -0.408 e. The lowest BCUT2D eigenvalue weighted by atomic mass is 9.77. The minimum atomic E-state index is -1.06. The second-order valence-electron chi connectivity index (χ2n) is 8.97. The molecule has 4 nitrogen and oxygen atoms in total. The molecule has 6 heteroatoms. The molecule has 0 N–H and O–H groups in total. The molecule has 0 saturated carbocycles. The number of rotatable bonds is 11. The topological polar surface area (TPSA) is 32.6 Å². The smallest absolute Gasteiger partial charge is 0.408 e. The second-order valence-corrected chi connectivity index (χ2v) is 14.6. The number of nitrogens with zero attached hydrogens (tertiary/aromatic N) is 1. The van der Waals surface area contributed by atoms with Gasteiger partial charge >= 0.3 is 7.12 Å². The molecule has 1 heterocycles. The van der Waals surface area contributed by atoms with E-state index in [1.807, 2.05) is 6.92 Å². The summed E-state index contributed by atoms with van der Waals surface area (Å²) in [5.41, 5.74) is 1.98. The lowest BCUT2D eigenvalue weighted by Gasteiger charge is -2.28. The largest absolute Gasteiger partial charge is 0.494 e. The molecule has 1 aromatic carbocycles. The third-order valence-corrected chi connectivity index (χ3v) is 6.60. The van der Waals surface area contributed by atoms with Gasteiger partial charge < -0.3 is 18.6 Å². The average Bonchev–Trinajstić information content (AvgIpc) is 2.99. The van der Waals surface area contributed by atoms with Crippen molar-refractivity contribution in [3.63, 3.8) is 0 Å². The zero-order valence-electron chi connectivity index (χ0n) is 18.2. The van der Waals surface area contributed by atoms with Crippen molar-refractivity contribution in [1.82, 2.24) is 4.57 Å². The lowest BCUT2D eigenvalue weighted by Crippen LogP contribution is -2.43. The Kier molecular flexibility index (Phi) is 7.75. The van der Waals surface area contributed by atoms with Gasteiger partial charge in [-0.1, -0.05) is 38.7 Å². The molecule has 1 aromatic heterocycles. The van der Waals surface area contributed by atoms with Crippen LogP contribution in [0.25, 0.3) is 10.9 Å². The molecule has 150 valence electrons. The summed E-state index contributed by atoms with van der Waals surface area (Å²) in [5, 5.41) is 1.21. The van der Waals surface area contributed by atoms with E-state index >= 15 is 0 Å². The first-order valence-corrected chi connectivity index (χ1v) is 13.8. The Labute approximate surface area is 166 Å². The van der Waals surface area contributed by atoms with Crippen LogP contribution >= 0.6 is 0 Å². The number of ether oxygens (including phenoxy) is 1. The molecule has 0 aliphatic rings. The molecule has 2 rings (SSSR count). The van der Waals surface area contributed by atoms with E-state index < -0.39 is 8.07 Å². The SMILES string of the molecule is CCOB(OC(C)(C)CC)c1ccc2ccn(COCC[Si](C)(C)C)c2c1. The van der Waals surface area contributed by atoms with Gasteiger partial charge in [-0.05, 0) is 56.2 Å². The first kappa shape index (κ1) is 22.2. The Balaban J connectivity index is 2.16. The van der Waals surface area contributed by atoms with Crippen LogP contribution in [0.5, 0.6) is 0 Å². The van der Waals surface area contributed by atoms with Crippen LogP contribution in [0.4, 0.5) is 0 Å². The summed E-state index contributed by atoms with van der Waals surface area (Å²) in [5.74, 6) is 0. The zero-order chi connectivity index (χ0) is 20.1. The van der Waals surface area contributed by atoms with Crippen LogP contribution in [-0.4, -0.2) is 38.6 Å². The summed E-state index contributed by atoms with van der Waals surface area (Å²) in [6, 6.07) is 9.73. The number of aromatic nitrogens is 1. The number of hydrogen-bond acceptors (Lipinski definition) is 3. The van der Waals surface area contributed by atoms with E-state index in [1.54, 1.807) is 0 Å². The van der Waals surface area contributed by atoms with E-state index in [0.29, 0.717) is 13.3 Å². The Bertz CT molecular complexity index is 724. The molecule has 0 aliphatic carbocycles. The molecular weight excluding hydrogens is 353 g/mol. The minimum absolute atomic E-state index is 0.225. The van der Waals surface area contributed by atoms with Crippen LogP contribution in [0.1, 0.15) is 34.1 Å². The predicted molar refractivity (Wildman–Crippen MR) is 119 cm³/mol. The number of benzene rings is 1. The van der Waals surface area contributed by atoms with Gasteiger partial charge in [0, 0.05) is 38.6 Å². The lowest BCUT2D eigenvalue weighted by molar-refractivity contribution is 0.0706. The van der Waals surface area contributed by atoms with Gasteiger partial charge in [0.05, 0.1) is 0 Å². The molecule has 0 bridgehead atoms. The van der Waals surface area contributed by atoms with Crippen molar-refractivity contribution >= 4 is 31.6 Å². The fraction of sp³-hybridized carbons (Fsp3) is 0.619. The van der Waals surface area contributed by atoms with Crippen molar-refractivity contribution < 1.29 is 14.0 Å². The first-order chi connectivity index (χ1) is 12.6. The molecule has 0 atom stereocenters. The third kappa shape index (κ3) is 6.79. The summed E-state index contributed by atoms with van der Waals surface area (Å²) in [4.78, 5) is 0. The molecule has 0 saturated heterocycles. The van der Waals surface area contributed by atoms with Crippen LogP contribution in [0.15, 0.2) is 30.5 Å². The van der Waals surface area contributed by atoms with Crippen molar-refractivity contribution in [2.75, 3.05) is 13.2 Å². The van der Waals surface area contributed by atoms with E-state index in [4.69, 9.17) is 14.0 Å². The standard InChI is InChI=1S/C21H36BNO3Si/c1-8-21(3,4)26-22(25-9-2)19-11-10-18-12-13-23(20(18)16-19)17-24-14-15-27(5,6)7/h10-13,16H,8-9,14-15,17H2,1-7H3. The van der Waals surface area contributed by atoms with Crippen LogP contribution in [0.3, 0.4) is 0 Å². The van der Waals surface area contributed by atoms with Crippen LogP contribution in [0, 0.1) is 0 Å². The molecule has 0 unspecified atom stereocenters. The highest BCUT2D eigenvalue weighted by molar-refractivity contribution is 6.76. The highest BCUT2D eigenvalue weighted by atomic mass is 28.3. The highest BCUT2D eigenvalue weighted by Gasteiger charge is 2.29. The van der Waals surface area contributed by atoms with Gasteiger partial charge in [-0.25, -0.2) is 0 Å². The number of hydrogen-bond donors (Lipinski definition) is 0. The van der Waals surface area contributed by atoms with Gasteiger partial charge in [0.15, 0.2) is 0 Å². The summed E-state index contributed by atoms with van der Waals surface area (Å²) in [6.45, 7) is 17.5. The van der Waals surface area contributed by atoms with E-state index in [9.17, 15) is 0 Å². The summed E-state index contributed by atoms with van der Waals surface area (Å²) in [6.07, 6.45) is 3.02. The average molecular weight is 389 g/mol. The molecule has 0 amide bonds. The molecule has 0 spiro atoms. The van der Waals surface area contributed by atoms with Crippen LogP contribution in [0.2, 0.25) is 25.7 Å². The van der Waals surface area contributed by atoms with Crippen LogP contribution < -0.4 is 5.46 Å². The van der Waals surface area contributed by atoms with E-state index in [2.05, 4.69) is 75.4 Å². The molecular formula is C21H36BNO3Si. The maximum atomic E-state index is 6.26. The van der Waals surface area contributed by atoms with Crippen molar-refractivity contribution in [3.05, 3.63) is 30.5 Å². The quantitative estimate of drug-likeness (QED) is 0.405. The fourth-order valence-electron chi connectivity index (χ4n) is 2.72. The van der Waals surface area contributed by atoms with Crippen molar-refractivity contribution in [3.8, 4) is 0 Å². The predicted octanol–water partition coefficient (Wildman–Crippen LogP) is 4.89. The summed E-state index contributed by atoms with van der Waals surface area (Å²) >= 11 is 0. The normalized spacial score (nSPS) is 12.7. The van der Waals surface area contributed by atoms with Gasteiger partial charge in [-0.15, -0.1) is 0 Å². The first-order valence-electron chi connectivity index (χ1n) is 10.1. The Morgan fingerprint density at radius 2 is 1.85 bits per heavy atom. The molecule has 27 heavy (non-hydrogen) atoms. The molecule has 2 aromatic rings. The van der Waals surface area contributed by atoms with Gasteiger partial charge in [-0.2, -0.15) is 0 Å². The van der Waals surface area contributed by atoms with Gasteiger partial charge in [0.25, 0.3) is 0 Å². The fourth-order valence-corrected chi connectivity index (χ4v) is 3.48. The molecule has 0 fully saturated rings.